The van der Waals surface area contributed by atoms with Gasteiger partial charge in [-0.1, -0.05) is 20.3 Å². The number of hydrogen-bond donors (Lipinski definition) is 0. The highest BCUT2D eigenvalue weighted by Crippen LogP contribution is 2.54. The Kier molecular flexibility index (Phi) is 1.38. The summed E-state index contributed by atoms with van der Waals surface area (Å²) in [6, 6.07) is 0. The van der Waals surface area contributed by atoms with Crippen LogP contribution in [0.15, 0.2) is 0 Å². The maximum Gasteiger partial charge on any atom is 0.135 e. The van der Waals surface area contributed by atoms with Gasteiger partial charge in [0.25, 0.3) is 0 Å². The Morgan fingerprint density at radius 3 is 2.44 bits per heavy atom. The molecule has 1 rings (SSSR count). The molecule has 1 fully saturated rings. The molecule has 0 amide bonds. The summed E-state index contributed by atoms with van der Waals surface area (Å²) in [7, 11) is 0. The van der Waals surface area contributed by atoms with E-state index < -0.39 is 0 Å². The van der Waals surface area contributed by atoms with E-state index in [9.17, 15) is 4.79 Å². The Hall–Kier alpha value is -0.330. The van der Waals surface area contributed by atoms with Gasteiger partial charge >= 0.3 is 0 Å². The van der Waals surface area contributed by atoms with Crippen LogP contribution in [-0.4, -0.2) is 5.78 Å². The average molecular weight is 126 g/mol. The fourth-order valence-corrected chi connectivity index (χ4v) is 1.48. The molecule has 0 bridgehead atoms. The van der Waals surface area contributed by atoms with Gasteiger partial charge in [0.05, 0.1) is 0 Å². The number of carbonyl (C=O) groups excluding carboxylic acids is 1. The van der Waals surface area contributed by atoms with Crippen molar-refractivity contribution in [2.75, 3.05) is 0 Å². The molecule has 1 aliphatic carbocycles. The lowest BCUT2D eigenvalue weighted by Crippen LogP contribution is -2.09. The summed E-state index contributed by atoms with van der Waals surface area (Å²) in [6.07, 6.45) is 2.29. The van der Waals surface area contributed by atoms with Crippen LogP contribution < -0.4 is 0 Å². The van der Waals surface area contributed by atoms with Crippen LogP contribution in [0.2, 0.25) is 0 Å². The Morgan fingerprint density at radius 1 is 1.78 bits per heavy atom. The van der Waals surface area contributed by atoms with Crippen molar-refractivity contribution in [3.8, 4) is 0 Å². The van der Waals surface area contributed by atoms with Crippen LogP contribution in [0.3, 0.4) is 0 Å². The molecule has 1 saturated carbocycles. The molecular weight excluding hydrogens is 112 g/mol. The fourth-order valence-electron chi connectivity index (χ4n) is 1.48. The molecule has 0 aromatic carbocycles. The first-order valence-corrected chi connectivity index (χ1v) is 3.62. The van der Waals surface area contributed by atoms with Gasteiger partial charge in [-0.2, -0.15) is 0 Å². The van der Waals surface area contributed by atoms with Gasteiger partial charge in [-0.25, -0.2) is 0 Å². The second-order valence-corrected chi connectivity index (χ2v) is 3.28. The average Bonchev–Trinajstić information content (AvgIpc) is 2.44. The van der Waals surface area contributed by atoms with Crippen LogP contribution in [0.1, 0.15) is 33.6 Å². The lowest BCUT2D eigenvalue weighted by molar-refractivity contribution is -0.121. The van der Waals surface area contributed by atoms with E-state index in [1.807, 2.05) is 0 Å². The second kappa shape index (κ2) is 1.83. The largest absolute Gasteiger partial charge is 0.299 e. The van der Waals surface area contributed by atoms with Gasteiger partial charge in [0.2, 0.25) is 0 Å². The van der Waals surface area contributed by atoms with Gasteiger partial charge in [0.15, 0.2) is 0 Å². The molecule has 1 aliphatic rings. The topological polar surface area (TPSA) is 17.1 Å². The van der Waals surface area contributed by atoms with Crippen LogP contribution in [0.25, 0.3) is 0 Å². The zero-order valence-corrected chi connectivity index (χ0v) is 6.40. The molecule has 0 unspecified atom stereocenters. The van der Waals surface area contributed by atoms with Crippen LogP contribution in [0.5, 0.6) is 0 Å². The summed E-state index contributed by atoms with van der Waals surface area (Å²) in [5, 5.41) is 0. The third-order valence-electron chi connectivity index (χ3n) is 2.71. The van der Waals surface area contributed by atoms with E-state index in [1.165, 1.54) is 0 Å². The SMILES string of the molecule is CC[C@@H]1C[C@@]1(C)C(C)=O. The quantitative estimate of drug-likeness (QED) is 0.553. The lowest BCUT2D eigenvalue weighted by atomic mass is 10.0. The predicted octanol–water partition coefficient (Wildman–Crippen LogP) is 2.01. The first kappa shape index (κ1) is 6.79. The molecule has 0 aliphatic heterocycles. The summed E-state index contributed by atoms with van der Waals surface area (Å²) < 4.78 is 0. The van der Waals surface area contributed by atoms with Crippen molar-refractivity contribution in [2.24, 2.45) is 11.3 Å². The van der Waals surface area contributed by atoms with E-state index in [0.717, 1.165) is 12.8 Å². The molecule has 2 atom stereocenters. The van der Waals surface area contributed by atoms with Gasteiger partial charge in [0.1, 0.15) is 5.78 Å². The first-order valence-electron chi connectivity index (χ1n) is 3.62. The van der Waals surface area contributed by atoms with Crippen LogP contribution in [0.4, 0.5) is 0 Å². The van der Waals surface area contributed by atoms with Crippen molar-refractivity contribution in [1.82, 2.24) is 0 Å². The normalized spacial score (nSPS) is 40.6. The van der Waals surface area contributed by atoms with Gasteiger partial charge in [-0.15, -0.1) is 0 Å². The van der Waals surface area contributed by atoms with E-state index in [0.29, 0.717) is 11.7 Å². The van der Waals surface area contributed by atoms with E-state index in [1.54, 1.807) is 6.92 Å². The fraction of sp³-hybridized carbons (Fsp3) is 0.875. The van der Waals surface area contributed by atoms with Gasteiger partial charge in [-0.3, -0.25) is 4.79 Å². The number of Topliss-reactive ketones (excluding diaryl/α,β-unsaturated/α-hetero) is 1. The van der Waals surface area contributed by atoms with Crippen LogP contribution >= 0.6 is 0 Å². The molecule has 0 aromatic rings. The Balaban J connectivity index is 2.52. The Morgan fingerprint density at radius 2 is 2.33 bits per heavy atom. The van der Waals surface area contributed by atoms with Gasteiger partial charge in [0, 0.05) is 5.41 Å². The molecule has 0 radical (unpaired) electrons. The van der Waals surface area contributed by atoms with Crippen LogP contribution in [-0.2, 0) is 4.79 Å². The summed E-state index contributed by atoms with van der Waals surface area (Å²) in [4.78, 5) is 10.9. The van der Waals surface area contributed by atoms with Crippen LogP contribution in [0, 0.1) is 11.3 Å². The van der Waals surface area contributed by atoms with Gasteiger partial charge < -0.3 is 0 Å². The third-order valence-corrected chi connectivity index (χ3v) is 2.71. The van der Waals surface area contributed by atoms with E-state index in [2.05, 4.69) is 13.8 Å². The lowest BCUT2D eigenvalue weighted by Gasteiger charge is -2.02. The summed E-state index contributed by atoms with van der Waals surface area (Å²) in [6.45, 7) is 5.93. The highest BCUT2D eigenvalue weighted by atomic mass is 16.1. The minimum absolute atomic E-state index is 0.0781. The molecule has 0 N–H and O–H groups in total. The van der Waals surface area contributed by atoms with E-state index in [4.69, 9.17) is 0 Å². The first-order chi connectivity index (χ1) is 4.11. The third kappa shape index (κ3) is 0.887. The molecule has 52 valence electrons. The standard InChI is InChI=1S/C8H14O/c1-4-7-5-8(7,3)6(2)9/h7H,4-5H2,1-3H3/t7-,8+/m1/s1. The minimum Gasteiger partial charge on any atom is -0.299 e. The van der Waals surface area contributed by atoms with E-state index in [-0.39, 0.29) is 5.41 Å². The van der Waals surface area contributed by atoms with Crippen molar-refractivity contribution in [3.05, 3.63) is 0 Å². The Bertz CT molecular complexity index is 140. The number of hydrogen-bond acceptors (Lipinski definition) is 1. The number of carbonyl (C=O) groups is 1. The van der Waals surface area contributed by atoms with Crippen molar-refractivity contribution in [1.29, 1.82) is 0 Å². The molecule has 0 spiro atoms. The molecule has 1 nitrogen and oxygen atoms in total. The molecular formula is C8H14O. The zero-order chi connectivity index (χ0) is 7.07. The smallest absolute Gasteiger partial charge is 0.135 e. The molecule has 1 heteroatoms. The highest BCUT2D eigenvalue weighted by molar-refractivity contribution is 5.85. The zero-order valence-electron chi connectivity index (χ0n) is 6.40. The monoisotopic (exact) mass is 126 g/mol. The van der Waals surface area contributed by atoms with E-state index >= 15 is 0 Å². The summed E-state index contributed by atoms with van der Waals surface area (Å²) in [5.41, 5.74) is 0.0781. The molecule has 0 aromatic heterocycles. The highest BCUT2D eigenvalue weighted by Gasteiger charge is 2.52. The van der Waals surface area contributed by atoms with Crippen molar-refractivity contribution in [2.45, 2.75) is 33.6 Å². The van der Waals surface area contributed by atoms with Gasteiger partial charge in [-0.05, 0) is 19.3 Å². The maximum atomic E-state index is 10.9. The van der Waals surface area contributed by atoms with Crippen molar-refractivity contribution < 1.29 is 4.79 Å². The molecule has 0 saturated heterocycles. The number of rotatable bonds is 2. The molecule has 0 heterocycles. The Labute approximate surface area is 56.4 Å². The summed E-state index contributed by atoms with van der Waals surface area (Å²) in [5.74, 6) is 1.06. The maximum absolute atomic E-state index is 10.9. The molecule has 9 heavy (non-hydrogen) atoms. The van der Waals surface area contributed by atoms with Crippen molar-refractivity contribution in [3.63, 3.8) is 0 Å². The predicted molar refractivity (Wildman–Crippen MR) is 37.2 cm³/mol. The summed E-state index contributed by atoms with van der Waals surface area (Å²) >= 11 is 0. The van der Waals surface area contributed by atoms with Crippen molar-refractivity contribution >= 4 is 5.78 Å². The second-order valence-electron chi connectivity index (χ2n) is 3.28. The number of ketones is 1. The minimum atomic E-state index is 0.0781.